The number of carbonyl (C=O) groups excluding carboxylic acids is 1. The number of pyridine rings is 1. The van der Waals surface area contributed by atoms with Crippen molar-refractivity contribution in [1.29, 1.82) is 0 Å². The molecule has 1 fully saturated rings. The van der Waals surface area contributed by atoms with E-state index < -0.39 is 0 Å². The molecule has 3 N–H and O–H groups in total. The van der Waals surface area contributed by atoms with Crippen molar-refractivity contribution in [3.8, 4) is 0 Å². The lowest BCUT2D eigenvalue weighted by atomic mass is 9.90. The Labute approximate surface area is 211 Å². The number of rotatable bonds is 9. The summed E-state index contributed by atoms with van der Waals surface area (Å²) < 4.78 is 0. The van der Waals surface area contributed by atoms with Crippen LogP contribution in [-0.2, 0) is 0 Å². The van der Waals surface area contributed by atoms with Gasteiger partial charge >= 0.3 is 0 Å². The Morgan fingerprint density at radius 3 is 2.83 bits per heavy atom. The topological polar surface area (TPSA) is 102 Å². The molecule has 1 amide bonds. The average Bonchev–Trinajstić information content (AvgIpc) is 3.54. The maximum absolute atomic E-state index is 13.1. The van der Waals surface area contributed by atoms with Gasteiger partial charge < -0.3 is 15.5 Å². The summed E-state index contributed by atoms with van der Waals surface area (Å²) in [6.07, 6.45) is 9.20. The predicted octanol–water partition coefficient (Wildman–Crippen LogP) is 3.72. The number of amides is 1. The van der Waals surface area contributed by atoms with Crippen molar-refractivity contribution < 1.29 is 4.79 Å². The number of fused-ring (bicyclic) bond motifs is 1. The molecule has 9 nitrogen and oxygen atoms in total. The minimum atomic E-state index is -0.263. The van der Waals surface area contributed by atoms with E-state index in [2.05, 4.69) is 52.7 Å². The normalized spacial score (nSPS) is 18.1. The second-order valence-corrected chi connectivity index (χ2v) is 9.87. The Hall–Kier alpha value is -3.56. The third-order valence-corrected chi connectivity index (χ3v) is 6.75. The van der Waals surface area contributed by atoms with Gasteiger partial charge in [-0.2, -0.15) is 5.10 Å². The fourth-order valence-corrected chi connectivity index (χ4v) is 4.78. The summed E-state index contributed by atoms with van der Waals surface area (Å²) in [6, 6.07) is 9.87. The van der Waals surface area contributed by atoms with Crippen LogP contribution >= 0.6 is 0 Å². The van der Waals surface area contributed by atoms with Crippen LogP contribution in [0.4, 0.5) is 11.5 Å². The lowest BCUT2D eigenvalue weighted by Gasteiger charge is -2.22. The number of nitrogens with one attached hydrogen (secondary N) is 3. The van der Waals surface area contributed by atoms with Crippen molar-refractivity contribution in [2.45, 2.75) is 25.2 Å². The Morgan fingerprint density at radius 1 is 1.19 bits per heavy atom. The molecule has 0 spiro atoms. The zero-order chi connectivity index (χ0) is 24.9. The van der Waals surface area contributed by atoms with Crippen molar-refractivity contribution in [3.05, 3.63) is 59.6 Å². The van der Waals surface area contributed by atoms with E-state index in [1.165, 1.54) is 31.5 Å². The van der Waals surface area contributed by atoms with Gasteiger partial charge in [0, 0.05) is 43.4 Å². The van der Waals surface area contributed by atoms with Gasteiger partial charge in [-0.1, -0.05) is 6.07 Å². The molecule has 2 aliphatic heterocycles. The van der Waals surface area contributed by atoms with Crippen LogP contribution in [0.5, 0.6) is 0 Å². The second kappa shape index (κ2) is 11.0. The molecule has 1 saturated heterocycles. The first kappa shape index (κ1) is 24.1. The van der Waals surface area contributed by atoms with Gasteiger partial charge in [-0.05, 0) is 81.8 Å². The summed E-state index contributed by atoms with van der Waals surface area (Å²) >= 11 is 0. The fourth-order valence-electron chi connectivity index (χ4n) is 4.78. The lowest BCUT2D eigenvalue weighted by Crippen LogP contribution is -2.23. The predicted molar refractivity (Wildman–Crippen MR) is 145 cm³/mol. The first-order valence-electron chi connectivity index (χ1n) is 12.6. The minimum absolute atomic E-state index is 0.194. The van der Waals surface area contributed by atoms with E-state index in [9.17, 15) is 4.79 Å². The van der Waals surface area contributed by atoms with E-state index in [0.29, 0.717) is 11.4 Å². The molecule has 0 radical (unpaired) electrons. The Balaban J connectivity index is 1.25. The summed E-state index contributed by atoms with van der Waals surface area (Å²) in [7, 11) is 4.06. The highest BCUT2D eigenvalue weighted by Crippen LogP contribution is 2.29. The average molecular weight is 487 g/mol. The maximum atomic E-state index is 13.1. The van der Waals surface area contributed by atoms with Crippen LogP contribution in [-0.4, -0.2) is 83.9 Å². The number of anilines is 2. The Kier molecular flexibility index (Phi) is 7.39. The maximum Gasteiger partial charge on any atom is 0.276 e. The van der Waals surface area contributed by atoms with Crippen LogP contribution < -0.4 is 10.6 Å². The molecule has 3 aromatic rings. The summed E-state index contributed by atoms with van der Waals surface area (Å²) in [4.78, 5) is 26.6. The summed E-state index contributed by atoms with van der Waals surface area (Å²) in [5.74, 6) is 0.706. The Bertz CT molecular complexity index is 1250. The van der Waals surface area contributed by atoms with Gasteiger partial charge in [-0.15, -0.1) is 0 Å². The highest BCUT2D eigenvalue weighted by atomic mass is 16.1. The van der Waals surface area contributed by atoms with Crippen molar-refractivity contribution in [2.24, 2.45) is 4.99 Å². The SMILES string of the molecule is CN(C)CCNc1ccc(NC(=O)c2n[nH]c3ccc(C4C=NC=C(CN5CCCC5)C4)cc23)cn1. The fraction of sp³-hybridized carbons (Fsp3) is 0.407. The molecule has 0 aliphatic carbocycles. The first-order chi connectivity index (χ1) is 17.5. The first-order valence-corrected chi connectivity index (χ1v) is 12.6. The van der Waals surface area contributed by atoms with Gasteiger partial charge in [-0.25, -0.2) is 4.98 Å². The van der Waals surface area contributed by atoms with E-state index in [1.807, 2.05) is 44.7 Å². The van der Waals surface area contributed by atoms with E-state index >= 15 is 0 Å². The minimum Gasteiger partial charge on any atom is -0.369 e. The standard InChI is InChI=1S/C27H34N8O/c1-34(2)12-9-29-25-8-6-22(17-30-25)31-27(36)26-23-14-20(5-7-24(23)32-33-26)21-13-19(15-28-16-21)18-35-10-3-4-11-35/h5-8,14-17,21H,3-4,9-13,18H2,1-2H3,(H,29,30)(H,31,36)(H,32,33). The quantitative estimate of drug-likeness (QED) is 0.426. The second-order valence-electron chi connectivity index (χ2n) is 9.87. The third-order valence-electron chi connectivity index (χ3n) is 6.75. The van der Waals surface area contributed by atoms with E-state index in [0.717, 1.165) is 48.3 Å². The molecular weight excluding hydrogens is 452 g/mol. The molecule has 9 heteroatoms. The lowest BCUT2D eigenvalue weighted by molar-refractivity contribution is 0.102. The van der Waals surface area contributed by atoms with Crippen molar-refractivity contribution in [3.63, 3.8) is 0 Å². The van der Waals surface area contributed by atoms with Gasteiger partial charge in [-0.3, -0.25) is 19.8 Å². The van der Waals surface area contributed by atoms with Crippen LogP contribution in [0.3, 0.4) is 0 Å². The number of nitrogens with zero attached hydrogens (tertiary/aromatic N) is 5. The summed E-state index contributed by atoms with van der Waals surface area (Å²) in [5, 5.41) is 14.3. The molecule has 188 valence electrons. The molecule has 36 heavy (non-hydrogen) atoms. The molecule has 1 unspecified atom stereocenters. The highest BCUT2D eigenvalue weighted by molar-refractivity contribution is 6.11. The smallest absolute Gasteiger partial charge is 0.276 e. The molecule has 4 heterocycles. The number of hydrogen-bond donors (Lipinski definition) is 3. The zero-order valence-electron chi connectivity index (χ0n) is 21.0. The molecule has 1 atom stereocenters. The van der Waals surface area contributed by atoms with E-state index in [4.69, 9.17) is 0 Å². The van der Waals surface area contributed by atoms with Crippen LogP contribution in [0.25, 0.3) is 10.9 Å². The third kappa shape index (κ3) is 5.80. The number of aromatic amines is 1. The molecule has 0 saturated carbocycles. The Morgan fingerprint density at radius 2 is 2.06 bits per heavy atom. The van der Waals surface area contributed by atoms with Gasteiger partial charge in [0.25, 0.3) is 5.91 Å². The van der Waals surface area contributed by atoms with Crippen molar-refractivity contribution >= 4 is 34.5 Å². The zero-order valence-corrected chi connectivity index (χ0v) is 21.0. The number of hydrogen-bond acceptors (Lipinski definition) is 7. The summed E-state index contributed by atoms with van der Waals surface area (Å²) in [5.41, 5.74) is 4.34. The number of benzene rings is 1. The van der Waals surface area contributed by atoms with E-state index in [-0.39, 0.29) is 11.8 Å². The molecule has 2 aliphatic rings. The molecule has 0 bridgehead atoms. The molecule has 1 aromatic carbocycles. The van der Waals surface area contributed by atoms with Crippen molar-refractivity contribution in [1.82, 2.24) is 25.0 Å². The molecule has 2 aromatic heterocycles. The van der Waals surface area contributed by atoms with Crippen LogP contribution in [0.1, 0.15) is 41.2 Å². The van der Waals surface area contributed by atoms with Crippen LogP contribution in [0, 0.1) is 0 Å². The number of likely N-dealkylation sites (N-methyl/N-ethyl adjacent to an activating group) is 1. The summed E-state index contributed by atoms with van der Waals surface area (Å²) in [6.45, 7) is 5.06. The number of H-pyrrole nitrogens is 1. The number of carbonyl (C=O) groups is 1. The molecule has 5 rings (SSSR count). The highest BCUT2D eigenvalue weighted by Gasteiger charge is 2.21. The van der Waals surface area contributed by atoms with Crippen LogP contribution in [0.15, 0.2) is 53.3 Å². The van der Waals surface area contributed by atoms with Crippen LogP contribution in [0.2, 0.25) is 0 Å². The van der Waals surface area contributed by atoms with Crippen molar-refractivity contribution in [2.75, 3.05) is 57.5 Å². The van der Waals surface area contributed by atoms with Gasteiger partial charge in [0.15, 0.2) is 5.69 Å². The number of likely N-dealkylation sites (tertiary alicyclic amines) is 1. The number of aliphatic imine (C=N–C) groups is 1. The van der Waals surface area contributed by atoms with Gasteiger partial charge in [0.2, 0.25) is 0 Å². The van der Waals surface area contributed by atoms with Gasteiger partial charge in [0.05, 0.1) is 17.4 Å². The number of aromatic nitrogens is 3. The van der Waals surface area contributed by atoms with E-state index in [1.54, 1.807) is 6.20 Å². The largest absolute Gasteiger partial charge is 0.369 e. The van der Waals surface area contributed by atoms with Gasteiger partial charge in [0.1, 0.15) is 5.82 Å². The molecular formula is C27H34N8O. The monoisotopic (exact) mass is 486 g/mol.